The average molecular weight is 331 g/mol. The van der Waals surface area contributed by atoms with Gasteiger partial charge in [-0.2, -0.15) is 0 Å². The van der Waals surface area contributed by atoms with Gasteiger partial charge in [0.2, 0.25) is 0 Å². The number of phenols is 1. The fourth-order valence-corrected chi connectivity index (χ4v) is 2.95. The summed E-state index contributed by atoms with van der Waals surface area (Å²) >= 11 is 6.09. The number of hydrogen-bond donors (Lipinski definition) is 2. The van der Waals surface area contributed by atoms with Gasteiger partial charge in [-0.05, 0) is 61.7 Å². The van der Waals surface area contributed by atoms with Crippen molar-refractivity contribution in [2.45, 2.75) is 19.3 Å². The van der Waals surface area contributed by atoms with E-state index in [0.29, 0.717) is 16.3 Å². The van der Waals surface area contributed by atoms with Crippen molar-refractivity contribution >= 4 is 28.9 Å². The zero-order valence-corrected chi connectivity index (χ0v) is 13.5. The van der Waals surface area contributed by atoms with Crippen molar-refractivity contribution in [2.24, 2.45) is 0 Å². The van der Waals surface area contributed by atoms with Crippen LogP contribution in [0, 0.1) is 0 Å². The summed E-state index contributed by atoms with van der Waals surface area (Å²) in [5, 5.41) is 13.2. The van der Waals surface area contributed by atoms with Crippen molar-refractivity contribution in [1.29, 1.82) is 0 Å². The predicted molar refractivity (Wildman–Crippen MR) is 92.6 cm³/mol. The van der Waals surface area contributed by atoms with E-state index in [-0.39, 0.29) is 11.7 Å². The van der Waals surface area contributed by atoms with E-state index >= 15 is 0 Å². The minimum absolute atomic E-state index is 0.0302. The van der Waals surface area contributed by atoms with E-state index < -0.39 is 0 Å². The number of likely N-dealkylation sites (tertiary alicyclic amines) is 1. The molecule has 1 aliphatic rings. The van der Waals surface area contributed by atoms with E-state index in [4.69, 9.17) is 11.6 Å². The molecule has 23 heavy (non-hydrogen) atoms. The molecule has 120 valence electrons. The Morgan fingerprint density at radius 2 is 1.74 bits per heavy atom. The van der Waals surface area contributed by atoms with E-state index in [9.17, 15) is 9.90 Å². The fourth-order valence-electron chi connectivity index (χ4n) is 2.77. The van der Waals surface area contributed by atoms with Gasteiger partial charge in [-0.3, -0.25) is 4.79 Å². The number of carbonyl (C=O) groups is 1. The molecule has 1 fully saturated rings. The van der Waals surface area contributed by atoms with E-state index in [2.05, 4.69) is 5.32 Å². The largest absolute Gasteiger partial charge is 0.508 e. The zero-order chi connectivity index (χ0) is 16.2. The maximum Gasteiger partial charge on any atom is 0.255 e. The van der Waals surface area contributed by atoms with E-state index in [0.717, 1.165) is 31.6 Å². The van der Waals surface area contributed by atoms with Crippen LogP contribution in [0.2, 0.25) is 5.02 Å². The standard InChI is InChI=1S/C18H19ClN2O2/c19-13-4-9-16(18(23)21-10-2-1-3-11-21)17(12-13)20-14-5-7-15(22)8-6-14/h4-9,12,20,22H,1-3,10-11H2. The highest BCUT2D eigenvalue weighted by Crippen LogP contribution is 2.27. The van der Waals surface area contributed by atoms with Gasteiger partial charge >= 0.3 is 0 Å². The van der Waals surface area contributed by atoms with Crippen LogP contribution < -0.4 is 5.32 Å². The second-order valence-electron chi connectivity index (χ2n) is 5.71. The summed E-state index contributed by atoms with van der Waals surface area (Å²) in [6, 6.07) is 12.0. The molecule has 0 bridgehead atoms. The second-order valence-corrected chi connectivity index (χ2v) is 6.15. The first kappa shape index (κ1) is 15.7. The molecule has 4 nitrogen and oxygen atoms in total. The highest BCUT2D eigenvalue weighted by atomic mass is 35.5. The number of amides is 1. The molecular weight excluding hydrogens is 312 g/mol. The summed E-state index contributed by atoms with van der Waals surface area (Å²) in [5.41, 5.74) is 2.08. The van der Waals surface area contributed by atoms with Gasteiger partial charge in [-0.25, -0.2) is 0 Å². The molecule has 0 atom stereocenters. The van der Waals surface area contributed by atoms with Crippen molar-refractivity contribution in [2.75, 3.05) is 18.4 Å². The lowest BCUT2D eigenvalue weighted by molar-refractivity contribution is 0.0725. The highest BCUT2D eigenvalue weighted by Gasteiger charge is 2.21. The topological polar surface area (TPSA) is 52.6 Å². The maximum absolute atomic E-state index is 12.8. The maximum atomic E-state index is 12.8. The van der Waals surface area contributed by atoms with Gasteiger partial charge in [0.15, 0.2) is 0 Å². The number of aromatic hydroxyl groups is 1. The third kappa shape index (κ3) is 3.77. The summed E-state index contributed by atoms with van der Waals surface area (Å²) < 4.78 is 0. The number of nitrogens with one attached hydrogen (secondary N) is 1. The number of anilines is 2. The number of rotatable bonds is 3. The molecule has 0 unspecified atom stereocenters. The molecule has 2 N–H and O–H groups in total. The van der Waals surface area contributed by atoms with Crippen LogP contribution in [0.25, 0.3) is 0 Å². The summed E-state index contributed by atoms with van der Waals surface area (Å²) in [6.45, 7) is 1.61. The van der Waals surface area contributed by atoms with Crippen molar-refractivity contribution in [1.82, 2.24) is 4.90 Å². The molecule has 0 aromatic heterocycles. The van der Waals surface area contributed by atoms with Crippen LogP contribution >= 0.6 is 11.6 Å². The number of halogens is 1. The Balaban J connectivity index is 1.87. The Bertz CT molecular complexity index is 695. The third-order valence-corrected chi connectivity index (χ3v) is 4.24. The average Bonchev–Trinajstić information content (AvgIpc) is 2.57. The Morgan fingerprint density at radius 3 is 2.43 bits per heavy atom. The Morgan fingerprint density at radius 1 is 1.04 bits per heavy atom. The minimum Gasteiger partial charge on any atom is -0.508 e. The van der Waals surface area contributed by atoms with Crippen LogP contribution in [-0.4, -0.2) is 29.0 Å². The summed E-state index contributed by atoms with van der Waals surface area (Å²) in [7, 11) is 0. The molecule has 5 heteroatoms. The molecule has 0 saturated carbocycles. The minimum atomic E-state index is 0.0302. The monoisotopic (exact) mass is 330 g/mol. The first-order valence-electron chi connectivity index (χ1n) is 7.78. The number of hydrogen-bond acceptors (Lipinski definition) is 3. The Labute approximate surface area is 140 Å². The van der Waals surface area contributed by atoms with Crippen molar-refractivity contribution in [3.8, 4) is 5.75 Å². The van der Waals surface area contributed by atoms with Gasteiger partial charge in [0.05, 0.1) is 11.3 Å². The Kier molecular flexibility index (Phi) is 4.72. The number of benzene rings is 2. The Hall–Kier alpha value is -2.20. The SMILES string of the molecule is O=C(c1ccc(Cl)cc1Nc1ccc(O)cc1)N1CCCCC1. The van der Waals surface area contributed by atoms with Crippen LogP contribution in [0.3, 0.4) is 0 Å². The summed E-state index contributed by atoms with van der Waals surface area (Å²) in [4.78, 5) is 14.7. The number of nitrogens with zero attached hydrogens (tertiary/aromatic N) is 1. The van der Waals surface area contributed by atoms with Crippen molar-refractivity contribution < 1.29 is 9.90 Å². The van der Waals surface area contributed by atoms with Crippen molar-refractivity contribution in [3.05, 3.63) is 53.1 Å². The second kappa shape index (κ2) is 6.92. The number of piperidine rings is 1. The smallest absolute Gasteiger partial charge is 0.255 e. The predicted octanol–water partition coefficient (Wildman–Crippen LogP) is 4.42. The first-order chi connectivity index (χ1) is 11.1. The summed E-state index contributed by atoms with van der Waals surface area (Å²) in [6.07, 6.45) is 3.29. The van der Waals surface area contributed by atoms with Gasteiger partial charge in [-0.1, -0.05) is 11.6 Å². The molecule has 0 spiro atoms. The molecule has 1 aliphatic heterocycles. The zero-order valence-electron chi connectivity index (χ0n) is 12.8. The molecule has 2 aromatic rings. The van der Waals surface area contributed by atoms with Crippen LogP contribution in [0.15, 0.2) is 42.5 Å². The van der Waals surface area contributed by atoms with Crippen LogP contribution in [0.4, 0.5) is 11.4 Å². The molecule has 1 amide bonds. The van der Waals surface area contributed by atoms with E-state index in [1.165, 1.54) is 6.42 Å². The number of phenolic OH excluding ortho intramolecular Hbond substituents is 1. The van der Waals surface area contributed by atoms with Crippen molar-refractivity contribution in [3.63, 3.8) is 0 Å². The molecule has 0 radical (unpaired) electrons. The van der Waals surface area contributed by atoms with Gasteiger partial charge in [0.1, 0.15) is 5.75 Å². The van der Waals surface area contributed by atoms with Crippen LogP contribution in [0.1, 0.15) is 29.6 Å². The van der Waals surface area contributed by atoms with Crippen LogP contribution in [-0.2, 0) is 0 Å². The van der Waals surface area contributed by atoms with Gasteiger partial charge < -0.3 is 15.3 Å². The van der Waals surface area contributed by atoms with E-state index in [1.54, 1.807) is 42.5 Å². The molecule has 1 heterocycles. The molecular formula is C18H19ClN2O2. The van der Waals surface area contributed by atoms with E-state index in [1.807, 2.05) is 4.90 Å². The summed E-state index contributed by atoms with van der Waals surface area (Å²) in [5.74, 6) is 0.230. The normalized spacial score (nSPS) is 14.6. The molecule has 0 aliphatic carbocycles. The quantitative estimate of drug-likeness (QED) is 0.819. The lowest BCUT2D eigenvalue weighted by atomic mass is 10.1. The third-order valence-electron chi connectivity index (χ3n) is 4.00. The fraction of sp³-hybridized carbons (Fsp3) is 0.278. The highest BCUT2D eigenvalue weighted by molar-refractivity contribution is 6.31. The lowest BCUT2D eigenvalue weighted by Crippen LogP contribution is -2.35. The molecule has 2 aromatic carbocycles. The number of carbonyl (C=O) groups excluding carboxylic acids is 1. The molecule has 3 rings (SSSR count). The van der Waals surface area contributed by atoms with Gasteiger partial charge in [0, 0.05) is 23.8 Å². The van der Waals surface area contributed by atoms with Gasteiger partial charge in [0.25, 0.3) is 5.91 Å². The lowest BCUT2D eigenvalue weighted by Gasteiger charge is -2.27. The van der Waals surface area contributed by atoms with Gasteiger partial charge in [-0.15, -0.1) is 0 Å². The molecule has 1 saturated heterocycles. The first-order valence-corrected chi connectivity index (χ1v) is 8.16. The van der Waals surface area contributed by atoms with Crippen LogP contribution in [0.5, 0.6) is 5.75 Å².